The summed E-state index contributed by atoms with van der Waals surface area (Å²) in [6.07, 6.45) is 6.36. The molecule has 26 heavy (non-hydrogen) atoms. The topological polar surface area (TPSA) is 60.9 Å². The Labute approximate surface area is 155 Å². The van der Waals surface area contributed by atoms with E-state index in [2.05, 4.69) is 4.90 Å². The van der Waals surface area contributed by atoms with Crippen LogP contribution in [0.1, 0.15) is 44.1 Å². The van der Waals surface area contributed by atoms with Crippen molar-refractivity contribution < 1.29 is 14.7 Å². The number of aromatic hydroxyl groups is 1. The van der Waals surface area contributed by atoms with Gasteiger partial charge in [0.25, 0.3) is 0 Å². The van der Waals surface area contributed by atoms with Crippen LogP contribution in [0.2, 0.25) is 0 Å². The van der Waals surface area contributed by atoms with E-state index in [1.54, 1.807) is 12.1 Å². The van der Waals surface area contributed by atoms with Crippen molar-refractivity contribution >= 4 is 11.8 Å². The number of amides is 2. The van der Waals surface area contributed by atoms with Crippen LogP contribution in [0.3, 0.4) is 0 Å². The fourth-order valence-corrected chi connectivity index (χ4v) is 4.57. The highest BCUT2D eigenvalue weighted by atomic mass is 16.3. The van der Waals surface area contributed by atoms with Crippen LogP contribution in [-0.2, 0) is 16.0 Å². The molecule has 0 bridgehead atoms. The zero-order chi connectivity index (χ0) is 18.1. The third-order valence-electron chi connectivity index (χ3n) is 6.27. The van der Waals surface area contributed by atoms with Gasteiger partial charge in [0.2, 0.25) is 11.8 Å². The molecule has 1 saturated carbocycles. The smallest absolute Gasteiger partial charge is 0.227 e. The van der Waals surface area contributed by atoms with E-state index in [-0.39, 0.29) is 23.5 Å². The van der Waals surface area contributed by atoms with Crippen LogP contribution in [0.5, 0.6) is 5.75 Å². The average molecular weight is 356 g/mol. The molecule has 1 aliphatic carbocycles. The predicted molar refractivity (Wildman–Crippen MR) is 98.6 cm³/mol. The standard InChI is InChI=1S/C21H28N2O3/c24-18-5-2-1-4-17(18)12-20(26)22-11-3-9-21(14-22)10-8-19(25)23(15-21)13-16-6-7-16/h1-2,4-5,16,24H,3,6-15H2/t21-/m1/s1. The van der Waals surface area contributed by atoms with Gasteiger partial charge < -0.3 is 14.9 Å². The quantitative estimate of drug-likeness (QED) is 0.902. The summed E-state index contributed by atoms with van der Waals surface area (Å²) in [5, 5.41) is 9.94. The highest BCUT2D eigenvalue weighted by Gasteiger charge is 2.43. The summed E-state index contributed by atoms with van der Waals surface area (Å²) < 4.78 is 0. The van der Waals surface area contributed by atoms with Crippen molar-refractivity contribution in [2.75, 3.05) is 26.2 Å². The largest absolute Gasteiger partial charge is 0.508 e. The molecule has 5 nitrogen and oxygen atoms in total. The number of rotatable bonds is 4. The van der Waals surface area contributed by atoms with Crippen molar-refractivity contribution in [2.45, 2.75) is 44.9 Å². The molecule has 1 atom stereocenters. The number of benzene rings is 1. The maximum Gasteiger partial charge on any atom is 0.227 e. The number of likely N-dealkylation sites (tertiary alicyclic amines) is 2. The number of hydrogen-bond donors (Lipinski definition) is 1. The Hall–Kier alpha value is -2.04. The Balaban J connectivity index is 1.42. The van der Waals surface area contributed by atoms with Crippen molar-refractivity contribution in [3.63, 3.8) is 0 Å². The second kappa shape index (κ2) is 6.93. The predicted octanol–water partition coefficient (Wildman–Crippen LogP) is 2.58. The van der Waals surface area contributed by atoms with Gasteiger partial charge in [-0.25, -0.2) is 0 Å². The van der Waals surface area contributed by atoms with Gasteiger partial charge in [-0.1, -0.05) is 18.2 Å². The zero-order valence-electron chi connectivity index (χ0n) is 15.3. The molecule has 140 valence electrons. The lowest BCUT2D eigenvalue weighted by Gasteiger charge is -2.48. The number of carbonyl (C=O) groups is 2. The van der Waals surface area contributed by atoms with E-state index >= 15 is 0 Å². The third kappa shape index (κ3) is 3.71. The summed E-state index contributed by atoms with van der Waals surface area (Å²) in [5.41, 5.74) is 0.751. The molecule has 1 spiro atoms. The van der Waals surface area contributed by atoms with E-state index in [0.29, 0.717) is 23.8 Å². The number of phenolic OH excluding ortho intramolecular Hbond substituents is 1. The number of piperidine rings is 2. The lowest BCUT2D eigenvalue weighted by Crippen LogP contribution is -2.55. The maximum atomic E-state index is 12.8. The minimum absolute atomic E-state index is 0.0649. The SMILES string of the molecule is O=C(Cc1ccccc1O)N1CCC[C@@]2(CCC(=O)N(CC3CC3)C2)C1. The fourth-order valence-electron chi connectivity index (χ4n) is 4.57. The summed E-state index contributed by atoms with van der Waals surface area (Å²) in [6, 6.07) is 7.06. The highest BCUT2D eigenvalue weighted by molar-refractivity contribution is 5.80. The summed E-state index contributed by atoms with van der Waals surface area (Å²) >= 11 is 0. The molecule has 0 unspecified atom stereocenters. The Morgan fingerprint density at radius 3 is 2.77 bits per heavy atom. The van der Waals surface area contributed by atoms with Crippen LogP contribution in [0, 0.1) is 11.3 Å². The molecule has 2 amide bonds. The molecule has 0 aromatic heterocycles. The Bertz CT molecular complexity index is 700. The monoisotopic (exact) mass is 356 g/mol. The van der Waals surface area contributed by atoms with Gasteiger partial charge in [0, 0.05) is 43.6 Å². The van der Waals surface area contributed by atoms with Crippen LogP contribution in [0.25, 0.3) is 0 Å². The second-order valence-corrected chi connectivity index (χ2v) is 8.44. The normalized spacial score (nSPS) is 26.4. The first-order valence-corrected chi connectivity index (χ1v) is 9.87. The summed E-state index contributed by atoms with van der Waals surface area (Å²) in [6.45, 7) is 3.24. The van der Waals surface area contributed by atoms with Crippen LogP contribution < -0.4 is 0 Å². The van der Waals surface area contributed by atoms with Crippen molar-refractivity contribution in [3.05, 3.63) is 29.8 Å². The first-order valence-electron chi connectivity index (χ1n) is 9.87. The summed E-state index contributed by atoms with van der Waals surface area (Å²) in [4.78, 5) is 29.1. The van der Waals surface area contributed by atoms with Crippen LogP contribution in [0.4, 0.5) is 0 Å². The molecular weight excluding hydrogens is 328 g/mol. The van der Waals surface area contributed by atoms with Gasteiger partial charge in [-0.05, 0) is 44.1 Å². The minimum Gasteiger partial charge on any atom is -0.508 e. The number of carbonyl (C=O) groups excluding carboxylic acids is 2. The molecule has 3 aliphatic rings. The average Bonchev–Trinajstić information content (AvgIpc) is 3.45. The van der Waals surface area contributed by atoms with Crippen molar-refractivity contribution in [1.82, 2.24) is 9.80 Å². The van der Waals surface area contributed by atoms with Crippen LogP contribution in [-0.4, -0.2) is 52.9 Å². The van der Waals surface area contributed by atoms with Gasteiger partial charge in [0.05, 0.1) is 6.42 Å². The van der Waals surface area contributed by atoms with Crippen LogP contribution >= 0.6 is 0 Å². The Morgan fingerprint density at radius 2 is 2.00 bits per heavy atom. The third-order valence-corrected chi connectivity index (χ3v) is 6.27. The molecule has 1 N–H and O–H groups in total. The van der Waals surface area contributed by atoms with Gasteiger partial charge in [0.1, 0.15) is 5.75 Å². The van der Waals surface area contributed by atoms with Gasteiger partial charge >= 0.3 is 0 Å². The van der Waals surface area contributed by atoms with Gasteiger partial charge in [0.15, 0.2) is 0 Å². The van der Waals surface area contributed by atoms with Crippen molar-refractivity contribution in [3.8, 4) is 5.75 Å². The molecular formula is C21H28N2O3. The molecule has 1 aromatic rings. The molecule has 4 rings (SSSR count). The van der Waals surface area contributed by atoms with Gasteiger partial charge in [-0.15, -0.1) is 0 Å². The van der Waals surface area contributed by atoms with Crippen molar-refractivity contribution in [1.29, 1.82) is 0 Å². The first-order chi connectivity index (χ1) is 12.5. The Morgan fingerprint density at radius 1 is 1.19 bits per heavy atom. The van der Waals surface area contributed by atoms with E-state index in [4.69, 9.17) is 0 Å². The number of para-hydroxylation sites is 1. The fraction of sp³-hybridized carbons (Fsp3) is 0.619. The van der Waals surface area contributed by atoms with Crippen molar-refractivity contribution in [2.24, 2.45) is 11.3 Å². The van der Waals surface area contributed by atoms with E-state index in [0.717, 1.165) is 45.4 Å². The maximum absolute atomic E-state index is 12.8. The molecule has 1 aromatic carbocycles. The van der Waals surface area contributed by atoms with Gasteiger partial charge in [-0.3, -0.25) is 9.59 Å². The molecule has 3 fully saturated rings. The lowest BCUT2D eigenvalue weighted by atomic mass is 9.73. The van der Waals surface area contributed by atoms with E-state index in [1.807, 2.05) is 17.0 Å². The number of nitrogens with zero attached hydrogens (tertiary/aromatic N) is 2. The molecule has 5 heteroatoms. The lowest BCUT2D eigenvalue weighted by molar-refractivity contribution is -0.143. The first kappa shape index (κ1) is 17.4. The summed E-state index contributed by atoms with van der Waals surface area (Å²) in [5.74, 6) is 1.26. The number of hydrogen-bond acceptors (Lipinski definition) is 3. The molecule has 0 radical (unpaired) electrons. The Kier molecular flexibility index (Phi) is 4.63. The van der Waals surface area contributed by atoms with E-state index in [1.165, 1.54) is 12.8 Å². The second-order valence-electron chi connectivity index (χ2n) is 8.44. The zero-order valence-corrected chi connectivity index (χ0v) is 15.3. The van der Waals surface area contributed by atoms with Gasteiger partial charge in [-0.2, -0.15) is 0 Å². The summed E-state index contributed by atoms with van der Waals surface area (Å²) in [7, 11) is 0. The van der Waals surface area contributed by atoms with E-state index < -0.39 is 0 Å². The van der Waals surface area contributed by atoms with Crippen LogP contribution in [0.15, 0.2) is 24.3 Å². The number of phenols is 1. The molecule has 2 saturated heterocycles. The van der Waals surface area contributed by atoms with E-state index in [9.17, 15) is 14.7 Å². The highest BCUT2D eigenvalue weighted by Crippen LogP contribution is 2.40. The minimum atomic E-state index is 0.0649. The molecule has 2 heterocycles. The molecule has 2 aliphatic heterocycles.